The zero-order valence-electron chi connectivity index (χ0n) is 5.33. The van der Waals surface area contributed by atoms with Gasteiger partial charge in [-0.15, -0.1) is 5.10 Å². The fourth-order valence-corrected chi connectivity index (χ4v) is 0.574. The average molecular weight is 128 g/mol. The topological polar surface area (TPSA) is 53.6 Å². The van der Waals surface area contributed by atoms with Crippen LogP contribution in [-0.4, -0.2) is 20.1 Å². The van der Waals surface area contributed by atoms with E-state index in [0.717, 1.165) is 12.2 Å². The van der Waals surface area contributed by atoms with Gasteiger partial charge in [-0.25, -0.2) is 0 Å². The minimum atomic E-state index is 0.222. The molecule has 0 spiro atoms. The summed E-state index contributed by atoms with van der Waals surface area (Å²) in [5.74, 6) is 0. The molecule has 0 bridgehead atoms. The zero-order chi connectivity index (χ0) is 6.69. The summed E-state index contributed by atoms with van der Waals surface area (Å²) in [6.45, 7) is 3.04. The standard InChI is InChI=1S/C5H9N3O/c1-2-8-3-5(4-9)6-7-8/h3,9H,2,4H2,1H3/p+1. The Morgan fingerprint density at radius 1 is 1.78 bits per heavy atom. The van der Waals surface area contributed by atoms with Crippen LogP contribution in [0.5, 0.6) is 0 Å². The molecule has 0 radical (unpaired) electrons. The highest BCUT2D eigenvalue weighted by Crippen LogP contribution is 1.90. The van der Waals surface area contributed by atoms with Crippen molar-refractivity contribution in [3.05, 3.63) is 11.9 Å². The number of nitrogens with zero attached hydrogens (tertiary/aromatic N) is 3. The molecule has 0 saturated carbocycles. The molecule has 0 aliphatic heterocycles. The lowest BCUT2D eigenvalue weighted by molar-refractivity contribution is 0.276. The highest BCUT2D eigenvalue weighted by atomic mass is 16.3. The molecule has 1 aromatic heterocycles. The van der Waals surface area contributed by atoms with Gasteiger partial charge in [-0.05, 0) is 6.92 Å². The SMILES string of the molecule is CCn1cc(C[OH2+])nn1. The summed E-state index contributed by atoms with van der Waals surface area (Å²) >= 11 is 0. The lowest BCUT2D eigenvalue weighted by Crippen LogP contribution is -1.93. The van der Waals surface area contributed by atoms with Gasteiger partial charge in [0.2, 0.25) is 0 Å². The maximum Gasteiger partial charge on any atom is 0.190 e. The quantitative estimate of drug-likeness (QED) is 0.505. The van der Waals surface area contributed by atoms with Crippen LogP contribution in [0.15, 0.2) is 6.20 Å². The molecular weight excluding hydrogens is 118 g/mol. The van der Waals surface area contributed by atoms with Gasteiger partial charge in [-0.3, -0.25) is 4.68 Å². The van der Waals surface area contributed by atoms with Gasteiger partial charge in [0.15, 0.2) is 12.3 Å². The first kappa shape index (κ1) is 6.22. The van der Waals surface area contributed by atoms with Crippen LogP contribution in [0.25, 0.3) is 0 Å². The largest absolute Gasteiger partial charge is 0.441 e. The summed E-state index contributed by atoms with van der Waals surface area (Å²) in [7, 11) is 0. The van der Waals surface area contributed by atoms with Gasteiger partial charge in [0, 0.05) is 6.54 Å². The zero-order valence-corrected chi connectivity index (χ0v) is 5.33. The minimum absolute atomic E-state index is 0.222. The maximum absolute atomic E-state index is 6.92. The summed E-state index contributed by atoms with van der Waals surface area (Å²) < 4.78 is 1.71. The van der Waals surface area contributed by atoms with E-state index in [1.165, 1.54) is 0 Å². The molecule has 0 aromatic carbocycles. The molecule has 4 nitrogen and oxygen atoms in total. The molecule has 50 valence electrons. The Kier molecular flexibility index (Phi) is 1.79. The van der Waals surface area contributed by atoms with Crippen molar-refractivity contribution in [1.82, 2.24) is 15.0 Å². The molecule has 2 N–H and O–H groups in total. The second kappa shape index (κ2) is 2.59. The van der Waals surface area contributed by atoms with E-state index in [2.05, 4.69) is 10.3 Å². The maximum atomic E-state index is 6.92. The van der Waals surface area contributed by atoms with Crippen LogP contribution in [0, 0.1) is 0 Å². The lowest BCUT2D eigenvalue weighted by atomic mass is 10.5. The van der Waals surface area contributed by atoms with Gasteiger partial charge >= 0.3 is 0 Å². The van der Waals surface area contributed by atoms with Crippen molar-refractivity contribution in [2.45, 2.75) is 20.1 Å². The highest BCUT2D eigenvalue weighted by Gasteiger charge is 1.96. The first-order valence-electron chi connectivity index (χ1n) is 2.90. The van der Waals surface area contributed by atoms with Crippen molar-refractivity contribution in [3.63, 3.8) is 0 Å². The third-order valence-corrected chi connectivity index (χ3v) is 1.09. The van der Waals surface area contributed by atoms with Crippen LogP contribution < -0.4 is 0 Å². The predicted molar refractivity (Wildman–Crippen MR) is 33.0 cm³/mol. The van der Waals surface area contributed by atoms with Gasteiger partial charge < -0.3 is 5.11 Å². The molecule has 0 atom stereocenters. The van der Waals surface area contributed by atoms with Crippen molar-refractivity contribution in [3.8, 4) is 0 Å². The molecule has 0 unspecified atom stereocenters. The van der Waals surface area contributed by atoms with E-state index in [-0.39, 0.29) is 6.61 Å². The summed E-state index contributed by atoms with van der Waals surface area (Å²) in [6.07, 6.45) is 1.78. The molecule has 1 heterocycles. The number of hydrogen-bond acceptors (Lipinski definition) is 2. The first-order chi connectivity index (χ1) is 4.36. The van der Waals surface area contributed by atoms with Crippen molar-refractivity contribution in [2.24, 2.45) is 0 Å². The van der Waals surface area contributed by atoms with Crippen molar-refractivity contribution >= 4 is 0 Å². The summed E-state index contributed by atoms with van der Waals surface area (Å²) in [5.41, 5.74) is 0.733. The van der Waals surface area contributed by atoms with Crippen LogP contribution in [0.2, 0.25) is 0 Å². The van der Waals surface area contributed by atoms with Crippen LogP contribution in [0.1, 0.15) is 12.6 Å². The normalized spacial score (nSPS) is 10.0. The highest BCUT2D eigenvalue weighted by molar-refractivity contribution is 4.88. The smallest absolute Gasteiger partial charge is 0.190 e. The fourth-order valence-electron chi connectivity index (χ4n) is 0.574. The van der Waals surface area contributed by atoms with E-state index >= 15 is 0 Å². The Hall–Kier alpha value is -0.900. The number of hydrogen-bond donors (Lipinski definition) is 0. The van der Waals surface area contributed by atoms with Crippen molar-refractivity contribution in [2.75, 3.05) is 0 Å². The second-order valence-electron chi connectivity index (χ2n) is 1.74. The molecule has 0 aliphatic carbocycles. The molecular formula is C5H10N3O+. The molecule has 9 heavy (non-hydrogen) atoms. The molecule has 1 aromatic rings. The number of rotatable bonds is 2. The Bertz CT molecular complexity index is 166. The summed E-state index contributed by atoms with van der Waals surface area (Å²) in [6, 6.07) is 0. The number of aryl methyl sites for hydroxylation is 1. The molecule has 0 saturated heterocycles. The van der Waals surface area contributed by atoms with Crippen LogP contribution in [0.4, 0.5) is 0 Å². The monoisotopic (exact) mass is 128 g/mol. The molecule has 4 heteroatoms. The van der Waals surface area contributed by atoms with Crippen LogP contribution >= 0.6 is 0 Å². The predicted octanol–water partition coefficient (Wildman–Crippen LogP) is -0.477. The third kappa shape index (κ3) is 1.26. The van der Waals surface area contributed by atoms with E-state index in [9.17, 15) is 0 Å². The van der Waals surface area contributed by atoms with E-state index in [1.54, 1.807) is 10.9 Å². The Morgan fingerprint density at radius 2 is 2.56 bits per heavy atom. The van der Waals surface area contributed by atoms with Gasteiger partial charge in [0.1, 0.15) is 0 Å². The summed E-state index contributed by atoms with van der Waals surface area (Å²) in [5, 5.41) is 14.4. The molecule has 0 aliphatic rings. The fraction of sp³-hybridized carbons (Fsp3) is 0.600. The third-order valence-electron chi connectivity index (χ3n) is 1.09. The van der Waals surface area contributed by atoms with Crippen LogP contribution in [-0.2, 0) is 13.2 Å². The van der Waals surface area contributed by atoms with E-state index in [4.69, 9.17) is 5.11 Å². The van der Waals surface area contributed by atoms with Gasteiger partial charge in [0.25, 0.3) is 0 Å². The van der Waals surface area contributed by atoms with E-state index in [1.807, 2.05) is 6.92 Å². The minimum Gasteiger partial charge on any atom is -0.441 e. The van der Waals surface area contributed by atoms with Gasteiger partial charge in [-0.2, -0.15) is 0 Å². The lowest BCUT2D eigenvalue weighted by Gasteiger charge is -1.86. The summed E-state index contributed by atoms with van der Waals surface area (Å²) in [4.78, 5) is 0. The average Bonchev–Trinajstić information content (AvgIpc) is 2.34. The van der Waals surface area contributed by atoms with Gasteiger partial charge in [0.05, 0.1) is 6.20 Å². The Morgan fingerprint density at radius 3 is 2.89 bits per heavy atom. The molecule has 1 rings (SSSR count). The number of aromatic nitrogens is 3. The Labute approximate surface area is 53.1 Å². The first-order valence-corrected chi connectivity index (χ1v) is 2.90. The van der Waals surface area contributed by atoms with E-state index in [0.29, 0.717) is 0 Å². The molecule has 0 amide bonds. The second-order valence-corrected chi connectivity index (χ2v) is 1.74. The van der Waals surface area contributed by atoms with E-state index < -0.39 is 0 Å². The molecule has 0 fully saturated rings. The van der Waals surface area contributed by atoms with Crippen molar-refractivity contribution in [1.29, 1.82) is 0 Å². The van der Waals surface area contributed by atoms with Gasteiger partial charge in [-0.1, -0.05) is 5.21 Å². The Balaban J connectivity index is 2.74. The van der Waals surface area contributed by atoms with Crippen molar-refractivity contribution < 1.29 is 5.11 Å². The van der Waals surface area contributed by atoms with Crippen LogP contribution in [0.3, 0.4) is 0 Å².